The standard InChI is InChI=1S/C25H32FN3O3/c1-5-8-19-11-21-24(27-12-19)32-23(17(2)13-29(25(21)31)18(3)16-30)15-28(4)14-20-9-6-7-10-22(20)26/h5-12,17-18,23,30H,13-16H2,1-4H3/t17-,18-,23-/m0/s1. The van der Waals surface area contributed by atoms with Gasteiger partial charge in [0, 0.05) is 37.3 Å². The predicted molar refractivity (Wildman–Crippen MR) is 123 cm³/mol. The van der Waals surface area contributed by atoms with Crippen LogP contribution >= 0.6 is 0 Å². The maximum Gasteiger partial charge on any atom is 0.259 e. The molecular weight excluding hydrogens is 409 g/mol. The molecule has 1 N–H and O–H groups in total. The van der Waals surface area contributed by atoms with E-state index in [4.69, 9.17) is 4.74 Å². The maximum absolute atomic E-state index is 14.1. The third-order valence-electron chi connectivity index (χ3n) is 5.79. The number of hydrogen-bond acceptors (Lipinski definition) is 5. The second-order valence-corrected chi connectivity index (χ2v) is 8.53. The molecule has 6 nitrogen and oxygen atoms in total. The molecule has 1 aromatic carbocycles. The molecule has 3 rings (SSSR count). The molecule has 1 aliphatic heterocycles. The molecule has 0 spiro atoms. The summed E-state index contributed by atoms with van der Waals surface area (Å²) < 4.78 is 20.4. The predicted octanol–water partition coefficient (Wildman–Crippen LogP) is 3.61. The summed E-state index contributed by atoms with van der Waals surface area (Å²) in [6, 6.07) is 8.18. The highest BCUT2D eigenvalue weighted by Crippen LogP contribution is 2.28. The molecule has 0 saturated heterocycles. The van der Waals surface area contributed by atoms with Crippen LogP contribution in [0.25, 0.3) is 6.08 Å². The third-order valence-corrected chi connectivity index (χ3v) is 5.79. The summed E-state index contributed by atoms with van der Waals surface area (Å²) in [6.45, 7) is 7.03. The highest BCUT2D eigenvalue weighted by molar-refractivity contribution is 5.97. The zero-order valence-electron chi connectivity index (χ0n) is 19.2. The Morgan fingerprint density at radius 3 is 2.84 bits per heavy atom. The fourth-order valence-electron chi connectivity index (χ4n) is 3.91. The van der Waals surface area contributed by atoms with Gasteiger partial charge in [0.05, 0.1) is 12.6 Å². The van der Waals surface area contributed by atoms with Crippen LogP contribution in [-0.4, -0.2) is 64.7 Å². The van der Waals surface area contributed by atoms with Crippen molar-refractivity contribution in [3.8, 4) is 5.88 Å². The summed E-state index contributed by atoms with van der Waals surface area (Å²) in [7, 11) is 1.92. The minimum absolute atomic E-state index is 0.0267. The van der Waals surface area contributed by atoms with Crippen LogP contribution in [0.5, 0.6) is 5.88 Å². The molecule has 0 saturated carbocycles. The molecule has 1 aliphatic rings. The first-order valence-corrected chi connectivity index (χ1v) is 11.0. The number of aliphatic hydroxyl groups is 1. The number of pyridine rings is 1. The van der Waals surface area contributed by atoms with Crippen LogP contribution < -0.4 is 4.74 Å². The van der Waals surface area contributed by atoms with Gasteiger partial charge in [-0.05, 0) is 38.6 Å². The number of nitrogens with zero attached hydrogens (tertiary/aromatic N) is 3. The second kappa shape index (κ2) is 10.7. The minimum Gasteiger partial charge on any atom is -0.472 e. The fraction of sp³-hybridized carbons (Fsp3) is 0.440. The number of amides is 1. The highest BCUT2D eigenvalue weighted by atomic mass is 19.1. The van der Waals surface area contributed by atoms with Gasteiger partial charge in [0.25, 0.3) is 5.91 Å². The first kappa shape index (κ1) is 23.9. The SMILES string of the molecule is CC=Cc1cnc2c(c1)C(=O)N([C@@H](C)CO)C[C@H](C)[C@H](CN(C)Cc1ccccc1F)O2. The molecule has 1 aromatic heterocycles. The Balaban J connectivity index is 1.90. The lowest BCUT2D eigenvalue weighted by molar-refractivity contribution is 0.0324. The number of carbonyl (C=O) groups excluding carboxylic acids is 1. The third kappa shape index (κ3) is 5.53. The monoisotopic (exact) mass is 441 g/mol. The normalized spacial score (nSPS) is 20.1. The molecule has 0 radical (unpaired) electrons. The van der Waals surface area contributed by atoms with Gasteiger partial charge >= 0.3 is 0 Å². The number of benzene rings is 1. The Morgan fingerprint density at radius 1 is 1.41 bits per heavy atom. The Labute approximate surface area is 189 Å². The molecule has 3 atom stereocenters. The van der Waals surface area contributed by atoms with Crippen molar-refractivity contribution in [3.63, 3.8) is 0 Å². The quantitative estimate of drug-likeness (QED) is 0.711. The van der Waals surface area contributed by atoms with E-state index in [1.165, 1.54) is 6.07 Å². The second-order valence-electron chi connectivity index (χ2n) is 8.53. The summed E-state index contributed by atoms with van der Waals surface area (Å²) in [5.41, 5.74) is 1.81. The number of ether oxygens (including phenoxy) is 1. The molecule has 7 heteroatoms. The van der Waals surface area contributed by atoms with Gasteiger partial charge in [0.15, 0.2) is 0 Å². The van der Waals surface area contributed by atoms with E-state index in [0.717, 1.165) is 5.56 Å². The number of likely N-dealkylation sites (N-methyl/N-ethyl adjacent to an activating group) is 1. The van der Waals surface area contributed by atoms with E-state index in [9.17, 15) is 14.3 Å². The van der Waals surface area contributed by atoms with E-state index in [1.54, 1.807) is 29.3 Å². The van der Waals surface area contributed by atoms with Gasteiger partial charge in [-0.15, -0.1) is 0 Å². The van der Waals surface area contributed by atoms with E-state index in [0.29, 0.717) is 30.8 Å². The number of carbonyl (C=O) groups is 1. The minimum atomic E-state index is -0.335. The summed E-state index contributed by atoms with van der Waals surface area (Å²) in [6.07, 6.45) is 5.17. The van der Waals surface area contributed by atoms with E-state index in [1.807, 2.05) is 50.9 Å². The highest BCUT2D eigenvalue weighted by Gasteiger charge is 2.34. The van der Waals surface area contributed by atoms with Crippen LogP contribution in [0, 0.1) is 11.7 Å². The molecule has 32 heavy (non-hydrogen) atoms. The summed E-state index contributed by atoms with van der Waals surface area (Å²) in [5, 5.41) is 9.75. The summed E-state index contributed by atoms with van der Waals surface area (Å²) in [4.78, 5) is 21.5. The number of rotatable bonds is 7. The number of aliphatic hydroxyl groups excluding tert-OH is 1. The average molecular weight is 442 g/mol. The molecule has 2 heterocycles. The van der Waals surface area contributed by atoms with Crippen molar-refractivity contribution in [2.24, 2.45) is 5.92 Å². The Morgan fingerprint density at radius 2 is 2.16 bits per heavy atom. The van der Waals surface area contributed by atoms with Crippen LogP contribution in [0.2, 0.25) is 0 Å². The Bertz CT molecular complexity index is 965. The molecule has 0 aliphatic carbocycles. The zero-order chi connectivity index (χ0) is 23.3. The zero-order valence-corrected chi connectivity index (χ0v) is 19.2. The number of aromatic nitrogens is 1. The largest absolute Gasteiger partial charge is 0.472 e. The Hall–Kier alpha value is -2.77. The summed E-state index contributed by atoms with van der Waals surface area (Å²) in [5.74, 6) is -0.177. The number of fused-ring (bicyclic) bond motifs is 1. The van der Waals surface area contributed by atoms with Crippen LogP contribution in [0.1, 0.15) is 42.3 Å². The fourth-order valence-corrected chi connectivity index (χ4v) is 3.91. The Kier molecular flexibility index (Phi) is 7.99. The first-order chi connectivity index (χ1) is 15.3. The van der Waals surface area contributed by atoms with E-state index < -0.39 is 0 Å². The average Bonchev–Trinajstić information content (AvgIpc) is 2.78. The van der Waals surface area contributed by atoms with Crippen LogP contribution in [-0.2, 0) is 6.54 Å². The van der Waals surface area contributed by atoms with Gasteiger partial charge < -0.3 is 14.7 Å². The number of hydrogen-bond donors (Lipinski definition) is 1. The van der Waals surface area contributed by atoms with Crippen LogP contribution in [0.4, 0.5) is 4.39 Å². The first-order valence-electron chi connectivity index (χ1n) is 11.0. The van der Waals surface area contributed by atoms with Crippen molar-refractivity contribution in [1.82, 2.24) is 14.8 Å². The van der Waals surface area contributed by atoms with E-state index in [-0.39, 0.29) is 42.3 Å². The lowest BCUT2D eigenvalue weighted by atomic mass is 9.99. The van der Waals surface area contributed by atoms with Gasteiger partial charge in [-0.1, -0.05) is 37.3 Å². The molecule has 2 aromatic rings. The molecular formula is C25H32FN3O3. The van der Waals surface area contributed by atoms with Gasteiger partial charge in [0.1, 0.15) is 17.5 Å². The van der Waals surface area contributed by atoms with Gasteiger partial charge in [-0.25, -0.2) is 9.37 Å². The molecule has 172 valence electrons. The molecule has 0 bridgehead atoms. The maximum atomic E-state index is 14.1. The van der Waals surface area contributed by atoms with Crippen molar-refractivity contribution < 1.29 is 19.0 Å². The molecule has 0 unspecified atom stereocenters. The van der Waals surface area contributed by atoms with Gasteiger partial charge in [-0.2, -0.15) is 0 Å². The van der Waals surface area contributed by atoms with E-state index >= 15 is 0 Å². The van der Waals surface area contributed by atoms with Crippen molar-refractivity contribution in [1.29, 1.82) is 0 Å². The van der Waals surface area contributed by atoms with Crippen molar-refractivity contribution in [2.75, 3.05) is 26.7 Å². The van der Waals surface area contributed by atoms with Gasteiger partial charge in [0.2, 0.25) is 5.88 Å². The lowest BCUT2D eigenvalue weighted by Gasteiger charge is -2.37. The van der Waals surface area contributed by atoms with Crippen molar-refractivity contribution >= 4 is 12.0 Å². The van der Waals surface area contributed by atoms with Crippen LogP contribution in [0.15, 0.2) is 42.6 Å². The van der Waals surface area contributed by atoms with E-state index in [2.05, 4.69) is 4.98 Å². The summed E-state index contributed by atoms with van der Waals surface area (Å²) >= 11 is 0. The smallest absolute Gasteiger partial charge is 0.259 e. The topological polar surface area (TPSA) is 65.9 Å². The molecule has 0 fully saturated rings. The number of allylic oxidation sites excluding steroid dienone is 1. The van der Waals surface area contributed by atoms with Crippen molar-refractivity contribution in [2.45, 2.75) is 39.5 Å². The van der Waals surface area contributed by atoms with Crippen LogP contribution in [0.3, 0.4) is 0 Å². The number of halogens is 1. The molecule has 1 amide bonds. The lowest BCUT2D eigenvalue weighted by Crippen LogP contribution is -2.49. The van der Waals surface area contributed by atoms with Gasteiger partial charge in [-0.3, -0.25) is 9.69 Å². The van der Waals surface area contributed by atoms with Crippen molar-refractivity contribution in [3.05, 3.63) is 65.1 Å².